The van der Waals surface area contributed by atoms with E-state index < -0.39 is 0 Å². The fourth-order valence-electron chi connectivity index (χ4n) is 2.66. The van der Waals surface area contributed by atoms with Crippen molar-refractivity contribution in [3.63, 3.8) is 0 Å². The Morgan fingerprint density at radius 3 is 2.94 bits per heavy atom. The van der Waals surface area contributed by atoms with Crippen LogP contribution in [0.4, 0.5) is 5.13 Å². The lowest BCUT2D eigenvalue weighted by Crippen LogP contribution is -2.27. The van der Waals surface area contributed by atoms with Crippen LogP contribution in [0.2, 0.25) is 0 Å². The smallest absolute Gasteiger partial charge is 0.205 e. The molecule has 0 aromatic carbocycles. The van der Waals surface area contributed by atoms with Gasteiger partial charge in [-0.1, -0.05) is 13.8 Å². The molecule has 1 atom stereocenters. The third-order valence-electron chi connectivity index (χ3n) is 3.84. The first kappa shape index (κ1) is 11.4. The van der Waals surface area contributed by atoms with E-state index in [0.29, 0.717) is 11.3 Å². The van der Waals surface area contributed by atoms with Gasteiger partial charge in [-0.2, -0.15) is 4.37 Å². The molecule has 4 nitrogen and oxygen atoms in total. The van der Waals surface area contributed by atoms with E-state index in [1.54, 1.807) is 11.5 Å². The zero-order valence-corrected chi connectivity index (χ0v) is 11.3. The van der Waals surface area contributed by atoms with E-state index in [1.807, 2.05) is 0 Å². The van der Waals surface area contributed by atoms with Crippen LogP contribution < -0.4 is 4.90 Å². The topological polar surface area (TPSA) is 38.2 Å². The zero-order valence-electron chi connectivity index (χ0n) is 10.5. The van der Waals surface area contributed by atoms with Gasteiger partial charge in [-0.05, 0) is 12.8 Å². The third kappa shape index (κ3) is 2.06. The van der Waals surface area contributed by atoms with Crippen molar-refractivity contribution < 1.29 is 4.74 Å². The van der Waals surface area contributed by atoms with Gasteiger partial charge in [0.05, 0.1) is 6.61 Å². The van der Waals surface area contributed by atoms with Crippen molar-refractivity contribution in [1.29, 1.82) is 0 Å². The second kappa shape index (κ2) is 4.21. The standard InChI is InChI=1S/C12H19N3OS/c1-9(2)10-13-11(17-14-10)15-5-3-12(7-15)4-6-16-8-12/h9H,3-8H2,1-2H3/t12-/m0/s1. The molecule has 0 radical (unpaired) electrons. The van der Waals surface area contributed by atoms with Gasteiger partial charge in [0, 0.05) is 42.6 Å². The van der Waals surface area contributed by atoms with E-state index in [1.165, 1.54) is 12.8 Å². The molecular weight excluding hydrogens is 234 g/mol. The molecule has 1 spiro atoms. The second-order valence-corrected chi connectivity index (χ2v) is 6.29. The Morgan fingerprint density at radius 1 is 1.41 bits per heavy atom. The summed E-state index contributed by atoms with van der Waals surface area (Å²) in [6, 6.07) is 0. The highest BCUT2D eigenvalue weighted by Crippen LogP contribution is 2.40. The molecule has 2 saturated heterocycles. The minimum absolute atomic E-state index is 0.406. The van der Waals surface area contributed by atoms with Crippen LogP contribution in [0.3, 0.4) is 0 Å². The maximum absolute atomic E-state index is 5.55. The molecule has 0 N–H and O–H groups in total. The average molecular weight is 253 g/mol. The maximum Gasteiger partial charge on any atom is 0.205 e. The summed E-state index contributed by atoms with van der Waals surface area (Å²) in [5.41, 5.74) is 0.406. The van der Waals surface area contributed by atoms with Gasteiger partial charge in [-0.25, -0.2) is 4.98 Å². The molecule has 2 aliphatic rings. The zero-order chi connectivity index (χ0) is 11.9. The normalized spacial score (nSPS) is 28.8. The quantitative estimate of drug-likeness (QED) is 0.810. The molecule has 0 bridgehead atoms. The van der Waals surface area contributed by atoms with E-state index in [9.17, 15) is 0 Å². The second-order valence-electron chi connectivity index (χ2n) is 5.56. The van der Waals surface area contributed by atoms with Gasteiger partial charge in [-0.15, -0.1) is 0 Å². The van der Waals surface area contributed by atoms with Crippen molar-refractivity contribution in [2.24, 2.45) is 5.41 Å². The number of ether oxygens (including phenoxy) is 1. The monoisotopic (exact) mass is 253 g/mol. The first-order valence-electron chi connectivity index (χ1n) is 6.35. The molecule has 5 heteroatoms. The first-order chi connectivity index (χ1) is 8.19. The van der Waals surface area contributed by atoms with Crippen LogP contribution in [-0.4, -0.2) is 35.7 Å². The summed E-state index contributed by atoms with van der Waals surface area (Å²) in [5, 5.41) is 1.09. The predicted molar refractivity (Wildman–Crippen MR) is 68.7 cm³/mol. The lowest BCUT2D eigenvalue weighted by atomic mass is 9.87. The summed E-state index contributed by atoms with van der Waals surface area (Å²) in [5.74, 6) is 1.40. The molecule has 3 heterocycles. The molecule has 0 saturated carbocycles. The fourth-order valence-corrected chi connectivity index (χ4v) is 3.49. The van der Waals surface area contributed by atoms with Crippen LogP contribution in [0.5, 0.6) is 0 Å². The summed E-state index contributed by atoms with van der Waals surface area (Å²) < 4.78 is 9.98. The Morgan fingerprint density at radius 2 is 2.29 bits per heavy atom. The molecule has 3 rings (SSSR count). The Bertz CT molecular complexity index is 398. The van der Waals surface area contributed by atoms with Gasteiger partial charge in [0.2, 0.25) is 5.13 Å². The van der Waals surface area contributed by atoms with Gasteiger partial charge in [0.1, 0.15) is 5.82 Å². The van der Waals surface area contributed by atoms with Crippen LogP contribution >= 0.6 is 11.5 Å². The molecular formula is C12H19N3OS. The SMILES string of the molecule is CC(C)c1nsc(N2CC[C@]3(CCOC3)C2)n1. The summed E-state index contributed by atoms with van der Waals surface area (Å²) in [7, 11) is 0. The largest absolute Gasteiger partial charge is 0.381 e. The third-order valence-corrected chi connectivity index (χ3v) is 4.63. The molecule has 0 amide bonds. The van der Waals surface area contributed by atoms with Gasteiger partial charge >= 0.3 is 0 Å². The fraction of sp³-hybridized carbons (Fsp3) is 0.833. The summed E-state index contributed by atoms with van der Waals surface area (Å²) in [6.07, 6.45) is 2.45. The number of hydrogen-bond donors (Lipinski definition) is 0. The van der Waals surface area contributed by atoms with Crippen molar-refractivity contribution >= 4 is 16.7 Å². The molecule has 0 aliphatic carbocycles. The highest BCUT2D eigenvalue weighted by atomic mass is 32.1. The Kier molecular flexibility index (Phi) is 2.83. The van der Waals surface area contributed by atoms with Gasteiger partial charge in [-0.3, -0.25) is 0 Å². The van der Waals surface area contributed by atoms with Crippen molar-refractivity contribution in [2.75, 3.05) is 31.2 Å². The lowest BCUT2D eigenvalue weighted by molar-refractivity contribution is 0.160. The molecule has 17 heavy (non-hydrogen) atoms. The molecule has 1 aromatic heterocycles. The molecule has 2 fully saturated rings. The van der Waals surface area contributed by atoms with Crippen molar-refractivity contribution in [1.82, 2.24) is 9.36 Å². The summed E-state index contributed by atoms with van der Waals surface area (Å²) in [4.78, 5) is 7.03. The summed E-state index contributed by atoms with van der Waals surface area (Å²) in [6.45, 7) is 8.35. The highest BCUT2D eigenvalue weighted by molar-refractivity contribution is 7.09. The molecule has 94 valence electrons. The van der Waals surface area contributed by atoms with Crippen LogP contribution in [-0.2, 0) is 4.74 Å². The lowest BCUT2D eigenvalue weighted by Gasteiger charge is -2.21. The number of aromatic nitrogens is 2. The van der Waals surface area contributed by atoms with Crippen LogP contribution in [0.25, 0.3) is 0 Å². The van der Waals surface area contributed by atoms with Crippen molar-refractivity contribution in [3.8, 4) is 0 Å². The van der Waals surface area contributed by atoms with E-state index in [-0.39, 0.29) is 0 Å². The predicted octanol–water partition coefficient (Wildman–Crippen LogP) is 2.28. The van der Waals surface area contributed by atoms with Gasteiger partial charge < -0.3 is 9.64 Å². The molecule has 2 aliphatic heterocycles. The summed E-state index contributed by atoms with van der Waals surface area (Å²) >= 11 is 1.54. The Hall–Kier alpha value is -0.680. The van der Waals surface area contributed by atoms with Crippen molar-refractivity contribution in [2.45, 2.75) is 32.6 Å². The van der Waals surface area contributed by atoms with Gasteiger partial charge in [0.25, 0.3) is 0 Å². The average Bonchev–Trinajstić information content (AvgIpc) is 3.01. The highest BCUT2D eigenvalue weighted by Gasteiger charge is 2.42. The van der Waals surface area contributed by atoms with Crippen molar-refractivity contribution in [3.05, 3.63) is 5.82 Å². The Balaban J connectivity index is 1.73. The first-order valence-corrected chi connectivity index (χ1v) is 7.12. The van der Waals surface area contributed by atoms with Crippen LogP contribution in [0, 0.1) is 5.41 Å². The van der Waals surface area contributed by atoms with Gasteiger partial charge in [0.15, 0.2) is 0 Å². The number of anilines is 1. The van der Waals surface area contributed by atoms with E-state index in [0.717, 1.165) is 37.3 Å². The number of hydrogen-bond acceptors (Lipinski definition) is 5. The van der Waals surface area contributed by atoms with Crippen LogP contribution in [0.1, 0.15) is 38.4 Å². The van der Waals surface area contributed by atoms with Crippen LogP contribution in [0.15, 0.2) is 0 Å². The van der Waals surface area contributed by atoms with E-state index in [2.05, 4.69) is 28.1 Å². The molecule has 1 aromatic rings. The Labute approximate surface area is 106 Å². The molecule has 0 unspecified atom stereocenters. The number of nitrogens with zero attached hydrogens (tertiary/aromatic N) is 3. The minimum Gasteiger partial charge on any atom is -0.381 e. The maximum atomic E-state index is 5.55. The van der Waals surface area contributed by atoms with E-state index in [4.69, 9.17) is 4.74 Å². The number of rotatable bonds is 2. The van der Waals surface area contributed by atoms with E-state index >= 15 is 0 Å². The minimum atomic E-state index is 0.406.